The Hall–Kier alpha value is -2.47. The molecule has 0 spiro atoms. The molecule has 23 heavy (non-hydrogen) atoms. The first-order valence-corrected chi connectivity index (χ1v) is 8.03. The van der Waals surface area contributed by atoms with Gasteiger partial charge in [0.25, 0.3) is 0 Å². The monoisotopic (exact) mass is 308 g/mol. The molecular weight excluding hydrogens is 288 g/mol. The summed E-state index contributed by atoms with van der Waals surface area (Å²) in [5.74, 6) is 1.45. The van der Waals surface area contributed by atoms with E-state index in [2.05, 4.69) is 55.7 Å². The van der Waals surface area contributed by atoms with Gasteiger partial charge in [-0.2, -0.15) is 0 Å². The number of rotatable bonds is 5. The van der Waals surface area contributed by atoms with Gasteiger partial charge in [0.2, 0.25) is 5.65 Å². The maximum absolute atomic E-state index is 4.38. The van der Waals surface area contributed by atoms with Crippen LogP contribution in [0.25, 0.3) is 5.65 Å². The van der Waals surface area contributed by atoms with Gasteiger partial charge in [-0.1, -0.05) is 30.3 Å². The van der Waals surface area contributed by atoms with Gasteiger partial charge in [0.1, 0.15) is 6.33 Å². The standard InChI is InChI=1S/C17H20N6/c1-2-4-14(5-3-1)11-22-8-6-15(12-22)10-19-16-17-21-20-13-23(17)9-7-18-16/h1-5,7,9,13,15H,6,8,10-12H2,(H,18,19). The zero-order valence-electron chi connectivity index (χ0n) is 13.0. The lowest BCUT2D eigenvalue weighted by Gasteiger charge is -2.16. The number of aromatic nitrogens is 4. The topological polar surface area (TPSA) is 58.4 Å². The van der Waals surface area contributed by atoms with Crippen LogP contribution in [0.1, 0.15) is 12.0 Å². The van der Waals surface area contributed by atoms with Crippen molar-refractivity contribution < 1.29 is 0 Å². The molecule has 1 saturated heterocycles. The van der Waals surface area contributed by atoms with Crippen molar-refractivity contribution in [1.82, 2.24) is 24.5 Å². The van der Waals surface area contributed by atoms with Crippen molar-refractivity contribution in [3.8, 4) is 0 Å². The fourth-order valence-electron chi connectivity index (χ4n) is 3.19. The van der Waals surface area contributed by atoms with Crippen molar-refractivity contribution in [3.05, 3.63) is 54.6 Å². The van der Waals surface area contributed by atoms with Crippen LogP contribution in [0.5, 0.6) is 0 Å². The molecule has 6 heteroatoms. The van der Waals surface area contributed by atoms with E-state index in [0.717, 1.165) is 37.6 Å². The second-order valence-electron chi connectivity index (χ2n) is 6.09. The van der Waals surface area contributed by atoms with Gasteiger partial charge >= 0.3 is 0 Å². The predicted molar refractivity (Wildman–Crippen MR) is 89.1 cm³/mol. The Morgan fingerprint density at radius 2 is 2.13 bits per heavy atom. The van der Waals surface area contributed by atoms with Gasteiger partial charge in [-0.25, -0.2) is 4.98 Å². The molecular formula is C17H20N6. The fraction of sp³-hybridized carbons (Fsp3) is 0.353. The highest BCUT2D eigenvalue weighted by molar-refractivity contribution is 5.61. The third-order valence-electron chi connectivity index (χ3n) is 4.39. The molecule has 0 aliphatic carbocycles. The van der Waals surface area contributed by atoms with Crippen LogP contribution in [0, 0.1) is 5.92 Å². The molecule has 1 unspecified atom stereocenters. The quantitative estimate of drug-likeness (QED) is 0.782. The van der Waals surface area contributed by atoms with Crippen LogP contribution < -0.4 is 5.32 Å². The van der Waals surface area contributed by atoms with Crippen molar-refractivity contribution in [1.29, 1.82) is 0 Å². The van der Waals surface area contributed by atoms with Crippen molar-refractivity contribution in [2.24, 2.45) is 5.92 Å². The van der Waals surface area contributed by atoms with E-state index in [9.17, 15) is 0 Å². The molecule has 2 aromatic heterocycles. The van der Waals surface area contributed by atoms with E-state index in [-0.39, 0.29) is 0 Å². The highest BCUT2D eigenvalue weighted by atomic mass is 15.2. The molecule has 1 aromatic carbocycles. The van der Waals surface area contributed by atoms with Gasteiger partial charge in [-0.15, -0.1) is 10.2 Å². The normalized spacial score (nSPS) is 18.5. The van der Waals surface area contributed by atoms with Crippen LogP contribution in [0.15, 0.2) is 49.1 Å². The van der Waals surface area contributed by atoms with Crippen molar-refractivity contribution >= 4 is 11.5 Å². The van der Waals surface area contributed by atoms with E-state index < -0.39 is 0 Å². The van der Waals surface area contributed by atoms with Gasteiger partial charge in [-0.3, -0.25) is 9.30 Å². The number of fused-ring (bicyclic) bond motifs is 1. The lowest BCUT2D eigenvalue weighted by atomic mass is 10.1. The van der Waals surface area contributed by atoms with Crippen LogP contribution in [0.4, 0.5) is 5.82 Å². The Kier molecular flexibility index (Phi) is 3.90. The lowest BCUT2D eigenvalue weighted by Crippen LogP contribution is -2.23. The van der Waals surface area contributed by atoms with Gasteiger partial charge in [-0.05, 0) is 24.4 Å². The fourth-order valence-corrected chi connectivity index (χ4v) is 3.19. The zero-order valence-corrected chi connectivity index (χ0v) is 13.0. The highest BCUT2D eigenvalue weighted by Crippen LogP contribution is 2.20. The summed E-state index contributed by atoms with van der Waals surface area (Å²) in [6.07, 6.45) is 6.54. The molecule has 1 aliphatic heterocycles. The van der Waals surface area contributed by atoms with Crippen molar-refractivity contribution in [2.75, 3.05) is 25.0 Å². The molecule has 1 N–H and O–H groups in total. The summed E-state index contributed by atoms with van der Waals surface area (Å²) in [5, 5.41) is 11.5. The molecule has 3 aromatic rings. The lowest BCUT2D eigenvalue weighted by molar-refractivity contribution is 0.319. The van der Waals surface area contributed by atoms with Crippen LogP contribution in [-0.4, -0.2) is 44.1 Å². The number of nitrogens with zero attached hydrogens (tertiary/aromatic N) is 5. The molecule has 0 bridgehead atoms. The predicted octanol–water partition coefficient (Wildman–Crippen LogP) is 2.06. The number of hydrogen-bond acceptors (Lipinski definition) is 5. The Balaban J connectivity index is 1.33. The molecule has 3 heterocycles. The summed E-state index contributed by atoms with van der Waals surface area (Å²) in [4.78, 5) is 6.90. The van der Waals surface area contributed by atoms with Gasteiger partial charge in [0.15, 0.2) is 5.82 Å². The summed E-state index contributed by atoms with van der Waals surface area (Å²) in [6, 6.07) is 10.7. The summed E-state index contributed by atoms with van der Waals surface area (Å²) in [7, 11) is 0. The van der Waals surface area contributed by atoms with E-state index in [1.165, 1.54) is 12.0 Å². The summed E-state index contributed by atoms with van der Waals surface area (Å²) < 4.78 is 1.88. The number of anilines is 1. The smallest absolute Gasteiger partial charge is 0.203 e. The first-order chi connectivity index (χ1) is 11.4. The first-order valence-electron chi connectivity index (χ1n) is 8.03. The second kappa shape index (κ2) is 6.34. The Labute approximate surface area is 135 Å². The maximum Gasteiger partial charge on any atom is 0.203 e. The molecule has 118 valence electrons. The number of benzene rings is 1. The molecule has 1 aliphatic rings. The van der Waals surface area contributed by atoms with Crippen LogP contribution >= 0.6 is 0 Å². The largest absolute Gasteiger partial charge is 0.367 e. The van der Waals surface area contributed by atoms with Gasteiger partial charge in [0, 0.05) is 32.0 Å². The summed E-state index contributed by atoms with van der Waals surface area (Å²) in [5.41, 5.74) is 2.17. The van der Waals surface area contributed by atoms with Crippen molar-refractivity contribution in [2.45, 2.75) is 13.0 Å². The third-order valence-corrected chi connectivity index (χ3v) is 4.39. The van der Waals surface area contributed by atoms with E-state index >= 15 is 0 Å². The van der Waals surface area contributed by atoms with Gasteiger partial charge < -0.3 is 5.32 Å². The van der Waals surface area contributed by atoms with Crippen molar-refractivity contribution in [3.63, 3.8) is 0 Å². The molecule has 0 saturated carbocycles. The van der Waals surface area contributed by atoms with Crippen LogP contribution in [-0.2, 0) is 6.54 Å². The summed E-state index contributed by atoms with van der Waals surface area (Å²) in [6.45, 7) is 4.24. The minimum atomic E-state index is 0.642. The minimum absolute atomic E-state index is 0.642. The van der Waals surface area contributed by atoms with E-state index in [4.69, 9.17) is 0 Å². The highest BCUT2D eigenvalue weighted by Gasteiger charge is 2.22. The molecule has 1 atom stereocenters. The first kappa shape index (κ1) is 14.1. The minimum Gasteiger partial charge on any atom is -0.367 e. The Bertz CT molecular complexity index is 769. The van der Waals surface area contributed by atoms with Gasteiger partial charge in [0.05, 0.1) is 0 Å². The number of nitrogens with one attached hydrogen (secondary N) is 1. The SMILES string of the molecule is c1ccc(CN2CCC(CNc3nccn4cnnc34)C2)cc1. The second-order valence-corrected chi connectivity index (χ2v) is 6.09. The van der Waals surface area contributed by atoms with Crippen LogP contribution in [0.3, 0.4) is 0 Å². The molecule has 4 rings (SSSR count). The van der Waals surface area contributed by atoms with E-state index in [1.807, 2.05) is 10.6 Å². The zero-order chi connectivity index (χ0) is 15.5. The number of likely N-dealkylation sites (tertiary alicyclic amines) is 1. The molecule has 0 radical (unpaired) electrons. The third kappa shape index (κ3) is 3.17. The maximum atomic E-state index is 4.38. The molecule has 1 fully saturated rings. The molecule has 6 nitrogen and oxygen atoms in total. The van der Waals surface area contributed by atoms with E-state index in [0.29, 0.717) is 5.92 Å². The molecule has 0 amide bonds. The Morgan fingerprint density at radius 1 is 1.22 bits per heavy atom. The van der Waals surface area contributed by atoms with E-state index in [1.54, 1.807) is 12.5 Å². The number of hydrogen-bond donors (Lipinski definition) is 1. The average molecular weight is 308 g/mol. The Morgan fingerprint density at radius 3 is 3.04 bits per heavy atom. The van der Waals surface area contributed by atoms with Crippen LogP contribution in [0.2, 0.25) is 0 Å². The average Bonchev–Trinajstić information content (AvgIpc) is 3.23. The summed E-state index contributed by atoms with van der Waals surface area (Å²) >= 11 is 0.